The van der Waals surface area contributed by atoms with Gasteiger partial charge in [-0.15, -0.1) is 0 Å². The molecule has 0 saturated heterocycles. The van der Waals surface area contributed by atoms with Crippen LogP contribution in [0, 0.1) is 5.92 Å². The lowest BCUT2D eigenvalue weighted by Gasteiger charge is -2.27. The number of aliphatic carboxylic acids is 1. The zero-order chi connectivity index (χ0) is 28.7. The van der Waals surface area contributed by atoms with Gasteiger partial charge in [0.15, 0.2) is 5.96 Å². The van der Waals surface area contributed by atoms with E-state index >= 15 is 0 Å². The smallest absolute Gasteiger partial charge is 0.326 e. The first-order valence-corrected chi connectivity index (χ1v) is 13.8. The van der Waals surface area contributed by atoms with Crippen molar-refractivity contribution in [2.75, 3.05) is 18.6 Å². The molecule has 1 aromatic rings. The maximum Gasteiger partial charge on any atom is 0.326 e. The van der Waals surface area contributed by atoms with Gasteiger partial charge in [-0.25, -0.2) is 4.79 Å². The van der Waals surface area contributed by atoms with Gasteiger partial charge in [-0.1, -0.05) is 44.2 Å². The number of benzene rings is 1. The molecule has 0 radical (unpaired) electrons. The van der Waals surface area contributed by atoms with Gasteiger partial charge in [-0.05, 0) is 42.8 Å². The van der Waals surface area contributed by atoms with E-state index in [1.165, 1.54) is 0 Å². The number of hydrogen-bond donors (Lipinski definition) is 7. The summed E-state index contributed by atoms with van der Waals surface area (Å²) < 4.78 is 0. The second-order valence-corrected chi connectivity index (χ2v) is 10.2. The molecule has 4 unspecified atom stereocenters. The predicted octanol–water partition coefficient (Wildman–Crippen LogP) is -0.442. The van der Waals surface area contributed by atoms with Gasteiger partial charge in [0.05, 0.1) is 6.04 Å². The van der Waals surface area contributed by atoms with Crippen molar-refractivity contribution in [2.45, 2.75) is 63.7 Å². The van der Waals surface area contributed by atoms with E-state index in [9.17, 15) is 24.3 Å². The largest absolute Gasteiger partial charge is 0.480 e. The molecule has 0 aromatic heterocycles. The number of nitrogens with one attached hydrogen (secondary N) is 3. The van der Waals surface area contributed by atoms with Gasteiger partial charge in [-0.3, -0.25) is 19.4 Å². The Hall–Kier alpha value is -3.32. The topological polar surface area (TPSA) is 215 Å². The maximum absolute atomic E-state index is 13.2. The molecule has 0 spiro atoms. The van der Waals surface area contributed by atoms with Gasteiger partial charge in [0, 0.05) is 13.0 Å². The van der Waals surface area contributed by atoms with Crippen LogP contribution in [0.25, 0.3) is 0 Å². The summed E-state index contributed by atoms with van der Waals surface area (Å²) in [6.07, 6.45) is 2.90. The number of carbonyl (C=O) groups is 4. The Bertz CT molecular complexity index is 941. The first kappa shape index (κ1) is 32.7. The average Bonchev–Trinajstić information content (AvgIpc) is 2.86. The van der Waals surface area contributed by atoms with E-state index in [4.69, 9.17) is 17.2 Å². The van der Waals surface area contributed by atoms with Crippen LogP contribution in [0.3, 0.4) is 0 Å². The fourth-order valence-corrected chi connectivity index (χ4v) is 4.02. The van der Waals surface area contributed by atoms with Crippen LogP contribution in [0.1, 0.15) is 38.7 Å². The monoisotopic (exact) mass is 551 g/mol. The molecular formula is C25H41N7O5S. The molecule has 0 aliphatic rings. The van der Waals surface area contributed by atoms with Gasteiger partial charge < -0.3 is 38.3 Å². The molecule has 0 aliphatic carbocycles. The third-order valence-corrected chi connectivity index (χ3v) is 6.34. The summed E-state index contributed by atoms with van der Waals surface area (Å²) in [6, 6.07) is 4.85. The van der Waals surface area contributed by atoms with Crippen LogP contribution in [-0.2, 0) is 25.6 Å². The van der Waals surface area contributed by atoms with E-state index in [1.807, 2.05) is 6.26 Å². The Kier molecular flexibility index (Phi) is 14.8. The molecule has 4 atom stereocenters. The summed E-state index contributed by atoms with van der Waals surface area (Å²) in [4.78, 5) is 54.7. The summed E-state index contributed by atoms with van der Waals surface area (Å²) in [6.45, 7) is 3.72. The molecule has 0 bridgehead atoms. The minimum absolute atomic E-state index is 0.0647. The third kappa shape index (κ3) is 12.3. The Balaban J connectivity index is 3.02. The van der Waals surface area contributed by atoms with Crippen molar-refractivity contribution in [1.82, 2.24) is 16.0 Å². The SMILES string of the molecule is CSCCC(N)C(=O)NC(C(=O)NC(CCCN=C(N)N)C(=O)NC(Cc1ccccc1)C(=O)O)C(C)C. The van der Waals surface area contributed by atoms with Gasteiger partial charge in [0.1, 0.15) is 18.1 Å². The van der Waals surface area contributed by atoms with Crippen LogP contribution in [0.4, 0.5) is 0 Å². The number of guanidine groups is 1. The number of hydrogen-bond acceptors (Lipinski definition) is 7. The number of thioether (sulfide) groups is 1. The molecule has 0 heterocycles. The molecule has 212 valence electrons. The van der Waals surface area contributed by atoms with Gasteiger partial charge in [0.2, 0.25) is 17.7 Å². The predicted molar refractivity (Wildman–Crippen MR) is 149 cm³/mol. The molecule has 0 aliphatic heterocycles. The highest BCUT2D eigenvalue weighted by Gasteiger charge is 2.31. The summed E-state index contributed by atoms with van der Waals surface area (Å²) >= 11 is 1.56. The average molecular weight is 552 g/mol. The van der Waals surface area contributed by atoms with Gasteiger partial charge in [0.25, 0.3) is 0 Å². The van der Waals surface area contributed by atoms with Crippen LogP contribution in [-0.4, -0.2) is 77.5 Å². The zero-order valence-electron chi connectivity index (χ0n) is 22.2. The van der Waals surface area contributed by atoms with Crippen molar-refractivity contribution in [3.63, 3.8) is 0 Å². The standard InChI is InChI=1S/C25H41N7O5S/c1-15(2)20(32-21(33)17(26)11-13-38-3)23(35)30-18(10-7-12-29-25(27)28)22(34)31-19(24(36)37)14-16-8-5-4-6-9-16/h4-6,8-9,15,17-20H,7,10-14,26H2,1-3H3,(H,30,35)(H,31,34)(H,32,33)(H,36,37)(H4,27,28,29). The number of amides is 3. The van der Waals surface area contributed by atoms with E-state index in [-0.39, 0.29) is 31.3 Å². The Morgan fingerprint density at radius 1 is 0.947 bits per heavy atom. The number of nitrogens with two attached hydrogens (primary N) is 3. The molecule has 12 nitrogen and oxygen atoms in total. The lowest BCUT2D eigenvalue weighted by molar-refractivity contribution is -0.142. The van der Waals surface area contributed by atoms with Crippen LogP contribution in [0.15, 0.2) is 35.3 Å². The Labute approximate surface area is 227 Å². The van der Waals surface area contributed by atoms with Gasteiger partial charge >= 0.3 is 5.97 Å². The number of nitrogens with zero attached hydrogens (tertiary/aromatic N) is 1. The Morgan fingerprint density at radius 3 is 2.13 bits per heavy atom. The highest BCUT2D eigenvalue weighted by Crippen LogP contribution is 2.09. The second-order valence-electron chi connectivity index (χ2n) is 9.22. The lowest BCUT2D eigenvalue weighted by atomic mass is 10.0. The minimum Gasteiger partial charge on any atom is -0.480 e. The van der Waals surface area contributed by atoms with Crippen LogP contribution in [0.5, 0.6) is 0 Å². The normalized spacial score (nSPS) is 14.0. The van der Waals surface area contributed by atoms with Crippen molar-refractivity contribution in [1.29, 1.82) is 0 Å². The van der Waals surface area contributed by atoms with E-state index in [2.05, 4.69) is 20.9 Å². The number of carboxylic acids is 1. The van der Waals surface area contributed by atoms with Crippen LogP contribution in [0.2, 0.25) is 0 Å². The van der Waals surface area contributed by atoms with Crippen LogP contribution < -0.4 is 33.2 Å². The Morgan fingerprint density at radius 2 is 1.58 bits per heavy atom. The van der Waals surface area contributed by atoms with E-state index in [0.717, 1.165) is 5.56 Å². The third-order valence-electron chi connectivity index (χ3n) is 5.69. The summed E-state index contributed by atoms with van der Waals surface area (Å²) in [5.41, 5.74) is 17.4. The second kappa shape index (κ2) is 17.2. The minimum atomic E-state index is -1.21. The summed E-state index contributed by atoms with van der Waals surface area (Å²) in [5, 5.41) is 17.6. The van der Waals surface area contributed by atoms with E-state index in [1.54, 1.807) is 55.9 Å². The number of carboxylic acid groups (broad SMARTS) is 1. The molecule has 13 heteroatoms. The van der Waals surface area contributed by atoms with Crippen molar-refractivity contribution >= 4 is 41.4 Å². The van der Waals surface area contributed by atoms with Crippen molar-refractivity contribution in [3.05, 3.63) is 35.9 Å². The highest BCUT2D eigenvalue weighted by atomic mass is 32.2. The number of rotatable bonds is 17. The fraction of sp³-hybridized carbons (Fsp3) is 0.560. The zero-order valence-corrected chi connectivity index (χ0v) is 23.0. The molecule has 0 saturated carbocycles. The maximum atomic E-state index is 13.2. The molecule has 10 N–H and O–H groups in total. The van der Waals surface area contributed by atoms with Crippen molar-refractivity contribution < 1.29 is 24.3 Å². The number of carbonyl (C=O) groups excluding carboxylic acids is 3. The summed E-state index contributed by atoms with van der Waals surface area (Å²) in [7, 11) is 0. The molecule has 3 amide bonds. The first-order valence-electron chi connectivity index (χ1n) is 12.4. The highest BCUT2D eigenvalue weighted by molar-refractivity contribution is 7.98. The first-order chi connectivity index (χ1) is 18.0. The van der Waals surface area contributed by atoms with Crippen LogP contribution >= 0.6 is 11.8 Å². The molecule has 38 heavy (non-hydrogen) atoms. The van der Waals surface area contributed by atoms with Crippen molar-refractivity contribution in [2.24, 2.45) is 28.1 Å². The number of aliphatic imine (C=N–C) groups is 1. The quantitative estimate of drug-likeness (QED) is 0.0757. The molecule has 1 rings (SSSR count). The molecule has 1 aromatic carbocycles. The fourth-order valence-electron chi connectivity index (χ4n) is 3.53. The van der Waals surface area contributed by atoms with E-state index in [0.29, 0.717) is 18.6 Å². The lowest BCUT2D eigenvalue weighted by Crippen LogP contribution is -2.58. The van der Waals surface area contributed by atoms with E-state index < -0.39 is 47.9 Å². The van der Waals surface area contributed by atoms with Crippen molar-refractivity contribution in [3.8, 4) is 0 Å². The molecule has 0 fully saturated rings. The molecular weight excluding hydrogens is 510 g/mol. The van der Waals surface area contributed by atoms with Gasteiger partial charge in [-0.2, -0.15) is 11.8 Å². The summed E-state index contributed by atoms with van der Waals surface area (Å²) in [5.74, 6) is -2.64.